The van der Waals surface area contributed by atoms with Gasteiger partial charge in [0.1, 0.15) is 23.9 Å². The molecule has 0 bridgehead atoms. The molecule has 4 N–H and O–H groups in total. The van der Waals surface area contributed by atoms with Crippen LogP contribution in [0.2, 0.25) is 0 Å². The Morgan fingerprint density at radius 1 is 0.692 bits per heavy atom. The monoisotopic (exact) mass is 891 g/mol. The Hall–Kier alpha value is -6.12. The largest absolute Gasteiger partial charge is 0.453 e. The lowest BCUT2D eigenvalue weighted by Gasteiger charge is -2.34. The average molecular weight is 891 g/mol. The normalized spacial score (nSPS) is 20.9. The first-order valence-electron chi connectivity index (χ1n) is 23.1. The molecule has 1 aromatic heterocycles. The summed E-state index contributed by atoms with van der Waals surface area (Å²) in [7, 11) is 2.55. The van der Waals surface area contributed by atoms with E-state index in [-0.39, 0.29) is 53.1 Å². The number of imidazole rings is 1. The number of carbonyl (C=O) groups excluding carboxylic acids is 5. The van der Waals surface area contributed by atoms with E-state index in [0.29, 0.717) is 31.6 Å². The van der Waals surface area contributed by atoms with E-state index < -0.39 is 30.3 Å². The van der Waals surface area contributed by atoms with E-state index in [2.05, 4.69) is 101 Å². The smallest absolute Gasteiger partial charge is 0.407 e. The lowest BCUT2D eigenvalue weighted by atomic mass is 9.87. The number of nitrogens with one attached hydrogen (secondary N) is 4. The molecule has 348 valence electrons. The van der Waals surface area contributed by atoms with Crippen LogP contribution in [0.4, 0.5) is 21.0 Å². The van der Waals surface area contributed by atoms with Gasteiger partial charge in [-0.15, -0.1) is 0 Å². The van der Waals surface area contributed by atoms with Gasteiger partial charge in [-0.1, -0.05) is 78.8 Å². The van der Waals surface area contributed by atoms with Crippen LogP contribution >= 0.6 is 0 Å². The van der Waals surface area contributed by atoms with Crippen LogP contribution in [0.3, 0.4) is 0 Å². The van der Waals surface area contributed by atoms with Crippen LogP contribution < -0.4 is 20.9 Å². The highest BCUT2D eigenvalue weighted by atomic mass is 16.5. The average Bonchev–Trinajstić information content (AvgIpc) is 4.12. The van der Waals surface area contributed by atoms with Crippen molar-refractivity contribution < 1.29 is 33.4 Å². The fraction of sp³-hybridized carbons (Fsp3) is 0.520. The number of hydrogen-bond acceptors (Lipinski definition) is 9. The minimum absolute atomic E-state index is 0.00271. The second kappa shape index (κ2) is 19.5. The summed E-state index contributed by atoms with van der Waals surface area (Å²) < 4.78 is 9.57. The van der Waals surface area contributed by atoms with Crippen molar-refractivity contribution in [3.8, 4) is 0 Å². The second-order valence-electron chi connectivity index (χ2n) is 19.4. The number of fused-ring (bicyclic) bond motifs is 1. The summed E-state index contributed by atoms with van der Waals surface area (Å²) in [5, 5.41) is 8.43. The van der Waals surface area contributed by atoms with Gasteiger partial charge in [-0.05, 0) is 109 Å². The maximum Gasteiger partial charge on any atom is 0.407 e. The van der Waals surface area contributed by atoms with Crippen molar-refractivity contribution in [1.82, 2.24) is 30.4 Å². The molecule has 0 saturated carbocycles. The lowest BCUT2D eigenvalue weighted by Crippen LogP contribution is -2.54. The third kappa shape index (κ3) is 10.1. The summed E-state index contributed by atoms with van der Waals surface area (Å²) in [6, 6.07) is 21.0. The molecule has 3 aliphatic heterocycles. The number of carbonyl (C=O) groups is 5. The minimum atomic E-state index is -0.807. The van der Waals surface area contributed by atoms with Gasteiger partial charge in [-0.3, -0.25) is 14.4 Å². The molecule has 7 rings (SSSR count). The summed E-state index contributed by atoms with van der Waals surface area (Å²) in [4.78, 5) is 79.9. The summed E-state index contributed by atoms with van der Waals surface area (Å²) in [5.74, 6) is -0.289. The molecule has 3 saturated heterocycles. The fourth-order valence-electron chi connectivity index (χ4n) is 9.75. The van der Waals surface area contributed by atoms with Gasteiger partial charge in [0.05, 0.1) is 43.4 Å². The molecule has 0 radical (unpaired) electrons. The Morgan fingerprint density at radius 2 is 1.25 bits per heavy atom. The number of nitrogens with zero attached hydrogens (tertiary/aromatic N) is 4. The number of aromatic amines is 1. The van der Waals surface area contributed by atoms with Gasteiger partial charge in [0, 0.05) is 24.5 Å². The highest BCUT2D eigenvalue weighted by Crippen LogP contribution is 2.48. The quantitative estimate of drug-likeness (QED) is 0.109. The Kier molecular flexibility index (Phi) is 14.1. The minimum Gasteiger partial charge on any atom is -0.453 e. The van der Waals surface area contributed by atoms with E-state index in [9.17, 15) is 24.0 Å². The Balaban J connectivity index is 1.12. The maximum atomic E-state index is 13.9. The van der Waals surface area contributed by atoms with Crippen LogP contribution in [0.1, 0.15) is 128 Å². The third-order valence-electron chi connectivity index (χ3n) is 13.4. The highest BCUT2D eigenvalue weighted by Gasteiger charge is 2.41. The summed E-state index contributed by atoms with van der Waals surface area (Å²) >= 11 is 0. The first-order valence-corrected chi connectivity index (χ1v) is 23.1. The molecule has 15 nitrogen and oxygen atoms in total. The molecule has 3 aliphatic rings. The van der Waals surface area contributed by atoms with Crippen molar-refractivity contribution >= 4 is 52.3 Å². The van der Waals surface area contributed by atoms with Crippen LogP contribution in [0.15, 0.2) is 66.7 Å². The molecule has 0 spiro atoms. The number of methoxy groups -OCH3 is 2. The van der Waals surface area contributed by atoms with E-state index in [1.807, 2.05) is 44.7 Å². The van der Waals surface area contributed by atoms with Crippen molar-refractivity contribution in [3.05, 3.63) is 89.2 Å². The van der Waals surface area contributed by atoms with Crippen LogP contribution in [0, 0.1) is 11.8 Å². The van der Waals surface area contributed by atoms with Gasteiger partial charge < -0.3 is 45.1 Å². The van der Waals surface area contributed by atoms with Gasteiger partial charge in [0.2, 0.25) is 17.7 Å². The first-order chi connectivity index (χ1) is 31.0. The molecular formula is C50H66N8O7. The van der Waals surface area contributed by atoms with Crippen molar-refractivity contribution in [3.63, 3.8) is 0 Å². The first kappa shape index (κ1) is 46.9. The Labute approximate surface area is 382 Å². The Bertz CT molecular complexity index is 2360. The number of hydrogen-bond donors (Lipinski definition) is 4. The number of alkyl carbamates (subject to hydrolysis) is 2. The SMILES string of the molecule is COC(=O)N[C@H](C(=O)N1CCC[C@H]1C(=O)Nc1ccc([C@@H]2CC[C@@H](c3ccc4[nH]c([C@@H]5CCCN5C(=O)[C@@H](NC(=O)OC)C(C)C)nc4c3)N2c2ccc(C(C)(C)C)cc2)cc1)C(C)C. The van der Waals surface area contributed by atoms with Crippen molar-refractivity contribution in [2.24, 2.45) is 11.8 Å². The predicted octanol–water partition coefficient (Wildman–Crippen LogP) is 8.30. The standard InChI is InChI=1S/C50H66N8O7/c1-29(2)42(54-48(62)64-8)46(60)56-26-10-12-40(56)44-52-36-23-16-32(28-37(36)53-44)39-25-24-38(58(39)35-21-17-33(18-22-35)50(5,6)7)31-14-19-34(20-15-31)51-45(59)41-13-11-27-57(41)47(61)43(30(3)4)55-49(63)65-9/h14-23,28-30,38-43H,10-13,24-27H2,1-9H3,(H,51,59)(H,52,53)(H,54,62)(H,55,63)/t38-,39-,40-,41-,42-,43-/m0/s1. The van der Waals surface area contributed by atoms with Crippen LogP contribution in [-0.4, -0.2) is 95.1 Å². The number of rotatable bonds is 12. The van der Waals surface area contributed by atoms with Crippen molar-refractivity contribution in [2.45, 2.75) is 129 Å². The molecular weight excluding hydrogens is 825 g/mol. The number of likely N-dealkylation sites (tertiary alicyclic amines) is 2. The van der Waals surface area contributed by atoms with Crippen LogP contribution in [0.25, 0.3) is 11.0 Å². The van der Waals surface area contributed by atoms with Gasteiger partial charge in [-0.2, -0.15) is 0 Å². The number of benzene rings is 3. The van der Waals surface area contributed by atoms with Crippen LogP contribution in [0.5, 0.6) is 0 Å². The molecule has 15 heteroatoms. The maximum absolute atomic E-state index is 13.9. The molecule has 4 aromatic rings. The molecule has 4 heterocycles. The van der Waals surface area contributed by atoms with Crippen molar-refractivity contribution in [1.29, 1.82) is 0 Å². The summed E-state index contributed by atoms with van der Waals surface area (Å²) in [6.07, 6.45) is 3.29. The Morgan fingerprint density at radius 3 is 1.83 bits per heavy atom. The van der Waals surface area contributed by atoms with Gasteiger partial charge >= 0.3 is 12.2 Å². The summed E-state index contributed by atoms with van der Waals surface area (Å²) in [5.41, 5.74) is 6.98. The molecule has 6 atom stereocenters. The van der Waals surface area contributed by atoms with Crippen molar-refractivity contribution in [2.75, 3.05) is 37.5 Å². The van der Waals surface area contributed by atoms with E-state index in [4.69, 9.17) is 14.5 Å². The summed E-state index contributed by atoms with van der Waals surface area (Å²) in [6.45, 7) is 15.2. The molecule has 65 heavy (non-hydrogen) atoms. The van der Waals surface area contributed by atoms with Crippen LogP contribution in [-0.2, 0) is 29.3 Å². The molecule has 0 unspecified atom stereocenters. The van der Waals surface area contributed by atoms with Gasteiger partial charge in [-0.25, -0.2) is 14.6 Å². The van der Waals surface area contributed by atoms with E-state index in [1.165, 1.54) is 19.8 Å². The van der Waals surface area contributed by atoms with E-state index in [0.717, 1.165) is 59.4 Å². The molecule has 5 amide bonds. The number of amides is 5. The van der Waals surface area contributed by atoms with E-state index in [1.54, 1.807) is 4.90 Å². The number of aromatic nitrogens is 2. The molecule has 3 aromatic carbocycles. The lowest BCUT2D eigenvalue weighted by molar-refractivity contribution is -0.139. The van der Waals surface area contributed by atoms with E-state index >= 15 is 0 Å². The zero-order chi connectivity index (χ0) is 46.7. The molecule has 0 aliphatic carbocycles. The second-order valence-corrected chi connectivity index (χ2v) is 19.4. The highest BCUT2D eigenvalue weighted by molar-refractivity contribution is 5.98. The molecule has 3 fully saturated rings. The number of anilines is 2. The zero-order valence-corrected chi connectivity index (χ0v) is 39.3. The number of H-pyrrole nitrogens is 1. The van der Waals surface area contributed by atoms with Gasteiger partial charge in [0.25, 0.3) is 0 Å². The topological polar surface area (TPSA) is 178 Å². The third-order valence-corrected chi connectivity index (χ3v) is 13.4. The fourth-order valence-corrected chi connectivity index (χ4v) is 9.75. The predicted molar refractivity (Wildman–Crippen MR) is 250 cm³/mol. The zero-order valence-electron chi connectivity index (χ0n) is 39.3. The van der Waals surface area contributed by atoms with Gasteiger partial charge in [0.15, 0.2) is 0 Å². The number of ether oxygens (including phenoxy) is 2.